The minimum absolute atomic E-state index is 0.225. The number of nitrogens with zero attached hydrogens (tertiary/aromatic N) is 2. The van der Waals surface area contributed by atoms with Gasteiger partial charge in [0.1, 0.15) is 4.21 Å². The van der Waals surface area contributed by atoms with Gasteiger partial charge >= 0.3 is 0 Å². The molecule has 0 unspecified atom stereocenters. The minimum atomic E-state index is -3.66. The van der Waals surface area contributed by atoms with Crippen LogP contribution >= 0.6 is 11.3 Å². The number of aryl methyl sites for hydroxylation is 2. The van der Waals surface area contributed by atoms with Gasteiger partial charge < -0.3 is 4.52 Å². The highest BCUT2D eigenvalue weighted by molar-refractivity contribution is 7.94. The van der Waals surface area contributed by atoms with Crippen LogP contribution in [-0.2, 0) is 10.0 Å². The fraction of sp³-hybridized carbons (Fsp3) is 0.368. The normalized spacial score (nSPS) is 15.3. The Morgan fingerprint density at radius 1 is 1.15 bits per heavy atom. The van der Waals surface area contributed by atoms with Crippen LogP contribution in [0.4, 0.5) is 5.69 Å². The maximum atomic E-state index is 12.7. The molecule has 27 heavy (non-hydrogen) atoms. The molecule has 3 aromatic rings. The van der Waals surface area contributed by atoms with Crippen LogP contribution in [0.3, 0.4) is 0 Å². The van der Waals surface area contributed by atoms with Crippen LogP contribution in [0.15, 0.2) is 38.4 Å². The third-order valence-corrected chi connectivity index (χ3v) is 7.82. The van der Waals surface area contributed by atoms with Crippen LogP contribution in [0.1, 0.15) is 48.6 Å². The monoisotopic (exact) mass is 403 g/mol. The topological polar surface area (TPSA) is 85.1 Å². The van der Waals surface area contributed by atoms with E-state index < -0.39 is 10.0 Å². The zero-order chi connectivity index (χ0) is 19.0. The van der Waals surface area contributed by atoms with Crippen LogP contribution in [0.2, 0.25) is 0 Å². The Morgan fingerprint density at radius 2 is 1.93 bits per heavy atom. The summed E-state index contributed by atoms with van der Waals surface area (Å²) < 4.78 is 33.6. The molecule has 0 spiro atoms. The Labute approximate surface area is 162 Å². The lowest BCUT2D eigenvalue weighted by molar-refractivity contribution is 0.354. The molecule has 2 aromatic heterocycles. The van der Waals surface area contributed by atoms with Gasteiger partial charge in [0.15, 0.2) is 0 Å². The van der Waals surface area contributed by atoms with E-state index in [-0.39, 0.29) is 4.21 Å². The number of thiophene rings is 1. The van der Waals surface area contributed by atoms with Gasteiger partial charge in [-0.05, 0) is 56.0 Å². The smallest absolute Gasteiger partial charge is 0.271 e. The fourth-order valence-electron chi connectivity index (χ4n) is 3.28. The van der Waals surface area contributed by atoms with Gasteiger partial charge in [0.2, 0.25) is 11.7 Å². The van der Waals surface area contributed by atoms with Gasteiger partial charge in [0.05, 0.1) is 0 Å². The summed E-state index contributed by atoms with van der Waals surface area (Å²) in [6.07, 6.45) is 4.52. The molecule has 8 heteroatoms. The molecule has 1 N–H and O–H groups in total. The second-order valence-electron chi connectivity index (χ2n) is 7.00. The van der Waals surface area contributed by atoms with E-state index in [0.29, 0.717) is 28.9 Å². The molecule has 0 bridgehead atoms. The van der Waals surface area contributed by atoms with Crippen molar-refractivity contribution in [2.45, 2.75) is 49.7 Å². The van der Waals surface area contributed by atoms with E-state index >= 15 is 0 Å². The SMILES string of the molecule is Cc1ccc(NS(=O)(=O)c2cc(-c3noc(C4CCCC4)n3)cs2)cc1C. The molecule has 0 saturated heterocycles. The van der Waals surface area contributed by atoms with Crippen molar-refractivity contribution >= 4 is 27.0 Å². The first kappa shape index (κ1) is 18.2. The molecule has 1 saturated carbocycles. The summed E-state index contributed by atoms with van der Waals surface area (Å²) in [5.74, 6) is 1.44. The lowest BCUT2D eigenvalue weighted by Crippen LogP contribution is -2.11. The van der Waals surface area contributed by atoms with Crippen molar-refractivity contribution in [1.29, 1.82) is 0 Å². The lowest BCUT2D eigenvalue weighted by atomic mass is 10.1. The summed E-state index contributed by atoms with van der Waals surface area (Å²) in [5.41, 5.74) is 3.37. The van der Waals surface area contributed by atoms with Gasteiger partial charge in [-0.15, -0.1) is 11.3 Å². The molecule has 1 aromatic carbocycles. The number of benzene rings is 1. The molecule has 0 atom stereocenters. The Bertz CT molecular complexity index is 1060. The van der Waals surface area contributed by atoms with E-state index in [1.807, 2.05) is 26.0 Å². The van der Waals surface area contributed by atoms with E-state index in [4.69, 9.17) is 4.52 Å². The van der Waals surface area contributed by atoms with E-state index in [2.05, 4.69) is 14.9 Å². The Morgan fingerprint density at radius 3 is 2.67 bits per heavy atom. The Hall–Kier alpha value is -2.19. The van der Waals surface area contributed by atoms with Crippen molar-refractivity contribution in [2.75, 3.05) is 4.72 Å². The molecule has 1 fully saturated rings. The van der Waals surface area contributed by atoms with Crippen LogP contribution in [0.5, 0.6) is 0 Å². The molecular formula is C19H21N3O3S2. The van der Waals surface area contributed by atoms with Gasteiger partial charge in [-0.2, -0.15) is 4.98 Å². The molecule has 1 aliphatic carbocycles. The molecule has 0 aliphatic heterocycles. The Kier molecular flexibility index (Phi) is 4.77. The first-order valence-electron chi connectivity index (χ1n) is 8.95. The molecule has 2 heterocycles. The van der Waals surface area contributed by atoms with Crippen molar-refractivity contribution in [3.05, 3.63) is 46.7 Å². The van der Waals surface area contributed by atoms with E-state index in [1.165, 1.54) is 12.8 Å². The molecule has 4 rings (SSSR count). The van der Waals surface area contributed by atoms with Crippen molar-refractivity contribution in [3.8, 4) is 11.4 Å². The number of hydrogen-bond donors (Lipinski definition) is 1. The average molecular weight is 404 g/mol. The summed E-state index contributed by atoms with van der Waals surface area (Å²) >= 11 is 1.15. The van der Waals surface area contributed by atoms with Crippen molar-refractivity contribution in [3.63, 3.8) is 0 Å². The number of rotatable bonds is 5. The molecule has 142 valence electrons. The summed E-state index contributed by atoms with van der Waals surface area (Å²) in [5, 5.41) is 5.79. The predicted octanol–water partition coefficient (Wildman–Crippen LogP) is 4.87. The van der Waals surface area contributed by atoms with Crippen LogP contribution in [-0.4, -0.2) is 18.6 Å². The second kappa shape index (κ2) is 7.09. The summed E-state index contributed by atoms with van der Waals surface area (Å²) in [6, 6.07) is 7.09. The van der Waals surface area contributed by atoms with Gasteiger partial charge in [0, 0.05) is 22.5 Å². The number of nitrogens with one attached hydrogen (secondary N) is 1. The van der Waals surface area contributed by atoms with E-state index in [0.717, 1.165) is 35.3 Å². The fourth-order valence-corrected chi connectivity index (χ4v) is 5.48. The molecule has 0 radical (unpaired) electrons. The zero-order valence-electron chi connectivity index (χ0n) is 15.2. The minimum Gasteiger partial charge on any atom is -0.339 e. The predicted molar refractivity (Wildman–Crippen MR) is 106 cm³/mol. The number of sulfonamides is 1. The maximum Gasteiger partial charge on any atom is 0.271 e. The third-order valence-electron chi connectivity index (χ3n) is 5.00. The van der Waals surface area contributed by atoms with Gasteiger partial charge in [-0.1, -0.05) is 24.1 Å². The summed E-state index contributed by atoms with van der Waals surface area (Å²) in [7, 11) is -3.66. The standard InChI is InChI=1S/C19H21N3O3S2/c1-12-7-8-16(9-13(12)2)22-27(23,24)17-10-15(11-26-17)18-20-19(25-21-18)14-5-3-4-6-14/h7-11,14,22H,3-6H2,1-2H3. The Balaban J connectivity index is 1.55. The van der Waals surface area contributed by atoms with Crippen molar-refractivity contribution in [2.24, 2.45) is 0 Å². The van der Waals surface area contributed by atoms with Crippen molar-refractivity contribution < 1.29 is 12.9 Å². The van der Waals surface area contributed by atoms with Gasteiger partial charge in [-0.25, -0.2) is 8.42 Å². The van der Waals surface area contributed by atoms with Crippen LogP contribution in [0.25, 0.3) is 11.4 Å². The lowest BCUT2D eigenvalue weighted by Gasteiger charge is -2.08. The maximum absolute atomic E-state index is 12.7. The van der Waals surface area contributed by atoms with Crippen LogP contribution < -0.4 is 4.72 Å². The molecule has 0 amide bonds. The quantitative estimate of drug-likeness (QED) is 0.657. The molecule has 6 nitrogen and oxygen atoms in total. The largest absolute Gasteiger partial charge is 0.339 e. The zero-order valence-corrected chi connectivity index (χ0v) is 16.9. The van der Waals surface area contributed by atoms with Crippen molar-refractivity contribution in [1.82, 2.24) is 10.1 Å². The number of hydrogen-bond acceptors (Lipinski definition) is 6. The number of aromatic nitrogens is 2. The first-order chi connectivity index (χ1) is 12.9. The first-order valence-corrected chi connectivity index (χ1v) is 11.3. The highest BCUT2D eigenvalue weighted by atomic mass is 32.2. The van der Waals surface area contributed by atoms with Gasteiger partial charge in [-0.3, -0.25) is 4.72 Å². The highest BCUT2D eigenvalue weighted by Crippen LogP contribution is 2.35. The summed E-state index contributed by atoms with van der Waals surface area (Å²) in [4.78, 5) is 4.48. The van der Waals surface area contributed by atoms with E-state index in [1.54, 1.807) is 17.5 Å². The van der Waals surface area contributed by atoms with E-state index in [9.17, 15) is 8.42 Å². The number of anilines is 1. The third kappa shape index (κ3) is 3.77. The van der Waals surface area contributed by atoms with Gasteiger partial charge in [0.25, 0.3) is 10.0 Å². The molecular weight excluding hydrogens is 382 g/mol. The second-order valence-corrected chi connectivity index (χ2v) is 9.82. The molecule has 1 aliphatic rings. The summed E-state index contributed by atoms with van der Waals surface area (Å²) in [6.45, 7) is 3.94. The average Bonchev–Trinajstić information content (AvgIpc) is 3.38. The highest BCUT2D eigenvalue weighted by Gasteiger charge is 2.24. The van der Waals surface area contributed by atoms with Crippen LogP contribution in [0, 0.1) is 13.8 Å².